The van der Waals surface area contributed by atoms with E-state index >= 15 is 0 Å². The Labute approximate surface area is 107 Å². The summed E-state index contributed by atoms with van der Waals surface area (Å²) in [5.41, 5.74) is 0. The van der Waals surface area contributed by atoms with Gasteiger partial charge in [0.2, 0.25) is 15.9 Å². The maximum Gasteiger partial charge on any atom is 0.231 e. The van der Waals surface area contributed by atoms with Crippen molar-refractivity contribution in [3.05, 3.63) is 11.7 Å². The van der Waals surface area contributed by atoms with Gasteiger partial charge in [0.1, 0.15) is 0 Å². The minimum atomic E-state index is -3.19. The molecule has 1 aliphatic heterocycles. The minimum absolute atomic E-state index is 0.0217. The average molecular weight is 273 g/mol. The van der Waals surface area contributed by atoms with Gasteiger partial charge in [-0.25, -0.2) is 12.7 Å². The molecule has 0 saturated carbocycles. The molecule has 0 amide bonds. The van der Waals surface area contributed by atoms with Crippen molar-refractivity contribution < 1.29 is 12.9 Å². The van der Waals surface area contributed by atoms with Crippen LogP contribution in [0.15, 0.2) is 4.52 Å². The van der Waals surface area contributed by atoms with Crippen LogP contribution in [-0.2, 0) is 10.0 Å². The van der Waals surface area contributed by atoms with Crippen LogP contribution >= 0.6 is 0 Å². The highest BCUT2D eigenvalue weighted by Crippen LogP contribution is 2.28. The van der Waals surface area contributed by atoms with Gasteiger partial charge < -0.3 is 4.52 Å². The highest BCUT2D eigenvalue weighted by Gasteiger charge is 2.33. The second-order valence-corrected chi connectivity index (χ2v) is 7.46. The van der Waals surface area contributed by atoms with Crippen molar-refractivity contribution in [1.82, 2.24) is 14.4 Å². The van der Waals surface area contributed by atoms with E-state index in [0.29, 0.717) is 24.8 Å². The maximum absolute atomic E-state index is 12.1. The van der Waals surface area contributed by atoms with Crippen LogP contribution in [0.2, 0.25) is 0 Å². The predicted molar refractivity (Wildman–Crippen MR) is 66.6 cm³/mol. The molecule has 2 heterocycles. The Morgan fingerprint density at radius 1 is 1.44 bits per heavy atom. The number of nitrogens with zero attached hydrogens (tertiary/aromatic N) is 3. The fourth-order valence-corrected chi connectivity index (χ4v) is 3.52. The molecule has 2 rings (SSSR count). The third-order valence-corrected chi connectivity index (χ3v) is 5.48. The topological polar surface area (TPSA) is 76.3 Å². The van der Waals surface area contributed by atoms with Gasteiger partial charge in [-0.1, -0.05) is 5.16 Å². The number of aromatic nitrogens is 2. The third-order valence-electron chi connectivity index (χ3n) is 3.23. The van der Waals surface area contributed by atoms with Crippen LogP contribution in [0, 0.1) is 6.92 Å². The minimum Gasteiger partial charge on any atom is -0.339 e. The van der Waals surface area contributed by atoms with Gasteiger partial charge in [0.05, 0.1) is 11.2 Å². The second-order valence-electron chi connectivity index (χ2n) is 4.97. The summed E-state index contributed by atoms with van der Waals surface area (Å²) in [4.78, 5) is 4.20. The first-order valence-electron chi connectivity index (χ1n) is 6.20. The summed E-state index contributed by atoms with van der Waals surface area (Å²) in [5, 5.41) is 3.37. The van der Waals surface area contributed by atoms with Gasteiger partial charge in [0, 0.05) is 13.1 Å². The number of hydrogen-bond acceptors (Lipinski definition) is 5. The summed E-state index contributed by atoms with van der Waals surface area (Å²) >= 11 is 0. The van der Waals surface area contributed by atoms with Crippen molar-refractivity contribution in [3.63, 3.8) is 0 Å². The van der Waals surface area contributed by atoms with E-state index in [0.717, 1.165) is 12.8 Å². The molecule has 0 N–H and O–H groups in total. The molecule has 1 aliphatic rings. The molecule has 0 bridgehead atoms. The van der Waals surface area contributed by atoms with E-state index in [1.54, 1.807) is 25.1 Å². The zero-order valence-corrected chi connectivity index (χ0v) is 11.8. The van der Waals surface area contributed by atoms with Gasteiger partial charge in [-0.2, -0.15) is 4.98 Å². The van der Waals surface area contributed by atoms with Crippen LogP contribution in [0.25, 0.3) is 0 Å². The normalized spacial score (nSPS) is 22.6. The fraction of sp³-hybridized carbons (Fsp3) is 0.818. The SMILES string of the molecule is Cc1noc(C2CCCN(S(=O)(=O)C(C)C)C2)n1. The van der Waals surface area contributed by atoms with E-state index in [-0.39, 0.29) is 11.2 Å². The van der Waals surface area contributed by atoms with Gasteiger partial charge in [0.15, 0.2) is 5.82 Å². The third kappa shape index (κ3) is 2.56. The molecule has 6 nitrogen and oxygen atoms in total. The first-order chi connectivity index (χ1) is 8.41. The lowest BCUT2D eigenvalue weighted by Crippen LogP contribution is -2.42. The number of hydrogen-bond donors (Lipinski definition) is 0. The van der Waals surface area contributed by atoms with E-state index in [1.165, 1.54) is 0 Å². The van der Waals surface area contributed by atoms with Crippen molar-refractivity contribution in [1.29, 1.82) is 0 Å². The fourth-order valence-electron chi connectivity index (χ4n) is 2.15. The molecule has 1 aromatic heterocycles. The van der Waals surface area contributed by atoms with Crippen molar-refractivity contribution in [2.24, 2.45) is 0 Å². The highest BCUT2D eigenvalue weighted by molar-refractivity contribution is 7.89. The summed E-state index contributed by atoms with van der Waals surface area (Å²) in [6, 6.07) is 0. The first kappa shape index (κ1) is 13.5. The van der Waals surface area contributed by atoms with Crippen LogP contribution in [0.5, 0.6) is 0 Å². The number of aryl methyl sites for hydroxylation is 1. The molecule has 1 unspecified atom stereocenters. The molecule has 1 saturated heterocycles. The molecule has 1 fully saturated rings. The zero-order valence-electron chi connectivity index (χ0n) is 11.0. The predicted octanol–water partition coefficient (Wildman–Crippen LogP) is 1.30. The lowest BCUT2D eigenvalue weighted by Gasteiger charge is -2.31. The summed E-state index contributed by atoms with van der Waals surface area (Å²) in [6.45, 7) is 6.20. The van der Waals surface area contributed by atoms with Gasteiger partial charge >= 0.3 is 0 Å². The van der Waals surface area contributed by atoms with Crippen LogP contribution in [-0.4, -0.2) is 41.2 Å². The van der Waals surface area contributed by atoms with Crippen molar-refractivity contribution in [3.8, 4) is 0 Å². The Hall–Kier alpha value is -0.950. The number of sulfonamides is 1. The highest BCUT2D eigenvalue weighted by atomic mass is 32.2. The lowest BCUT2D eigenvalue weighted by molar-refractivity contribution is 0.264. The summed E-state index contributed by atoms with van der Waals surface area (Å²) < 4.78 is 30.9. The molecular formula is C11H19N3O3S. The zero-order chi connectivity index (χ0) is 13.3. The monoisotopic (exact) mass is 273 g/mol. The molecule has 0 radical (unpaired) electrons. The maximum atomic E-state index is 12.1. The Bertz CT molecular complexity index is 509. The van der Waals surface area contributed by atoms with Crippen molar-refractivity contribution in [2.45, 2.75) is 44.8 Å². The van der Waals surface area contributed by atoms with Crippen LogP contribution in [0.1, 0.15) is 44.3 Å². The van der Waals surface area contributed by atoms with Gasteiger partial charge in [-0.15, -0.1) is 0 Å². The average Bonchev–Trinajstić information content (AvgIpc) is 2.76. The molecule has 102 valence electrons. The van der Waals surface area contributed by atoms with Crippen LogP contribution in [0.3, 0.4) is 0 Å². The van der Waals surface area contributed by atoms with Crippen LogP contribution in [0.4, 0.5) is 0 Å². The van der Waals surface area contributed by atoms with Crippen molar-refractivity contribution >= 4 is 10.0 Å². The van der Waals surface area contributed by atoms with E-state index in [9.17, 15) is 8.42 Å². The van der Waals surface area contributed by atoms with E-state index in [4.69, 9.17) is 4.52 Å². The lowest BCUT2D eigenvalue weighted by atomic mass is 10.00. The molecule has 7 heteroatoms. The molecule has 0 aliphatic carbocycles. The van der Waals surface area contributed by atoms with E-state index < -0.39 is 10.0 Å². The number of piperidine rings is 1. The number of rotatable bonds is 3. The molecule has 18 heavy (non-hydrogen) atoms. The summed E-state index contributed by atoms with van der Waals surface area (Å²) in [7, 11) is -3.19. The Kier molecular flexibility index (Phi) is 3.72. The van der Waals surface area contributed by atoms with Gasteiger partial charge in [-0.3, -0.25) is 0 Å². The standard InChI is InChI=1S/C11H19N3O3S/c1-8(2)18(15,16)14-6-4-5-10(7-14)11-12-9(3)13-17-11/h8,10H,4-7H2,1-3H3. The largest absolute Gasteiger partial charge is 0.339 e. The van der Waals surface area contributed by atoms with Gasteiger partial charge in [0.25, 0.3) is 0 Å². The quantitative estimate of drug-likeness (QED) is 0.829. The second kappa shape index (κ2) is 4.97. The Morgan fingerprint density at radius 3 is 2.72 bits per heavy atom. The Balaban J connectivity index is 2.14. The smallest absolute Gasteiger partial charge is 0.231 e. The molecule has 1 aromatic rings. The van der Waals surface area contributed by atoms with E-state index in [2.05, 4.69) is 10.1 Å². The molecule has 0 spiro atoms. The summed E-state index contributed by atoms with van der Waals surface area (Å²) in [6.07, 6.45) is 1.73. The summed E-state index contributed by atoms with van der Waals surface area (Å²) in [5.74, 6) is 1.17. The molecule has 0 aromatic carbocycles. The van der Waals surface area contributed by atoms with Crippen molar-refractivity contribution in [2.75, 3.05) is 13.1 Å². The van der Waals surface area contributed by atoms with Gasteiger partial charge in [-0.05, 0) is 33.6 Å². The molecule has 1 atom stereocenters. The Morgan fingerprint density at radius 2 is 2.17 bits per heavy atom. The molecular weight excluding hydrogens is 254 g/mol. The van der Waals surface area contributed by atoms with E-state index in [1.807, 2.05) is 0 Å². The van der Waals surface area contributed by atoms with Crippen LogP contribution < -0.4 is 0 Å². The first-order valence-corrected chi connectivity index (χ1v) is 7.70.